The quantitative estimate of drug-likeness (QED) is 0.463. The monoisotopic (exact) mass is 647 g/mol. The van der Waals surface area contributed by atoms with E-state index >= 15 is 0 Å². The lowest BCUT2D eigenvalue weighted by atomic mass is 9.87. The molecule has 3 N–H and O–H groups in total. The summed E-state index contributed by atoms with van der Waals surface area (Å²) in [5, 5.41) is 9.82. The average Bonchev–Trinajstić information content (AvgIpc) is 3.22. The van der Waals surface area contributed by atoms with Crippen LogP contribution in [0.1, 0.15) is 30.4 Å². The number of fused-ring (bicyclic) bond motifs is 1. The van der Waals surface area contributed by atoms with Crippen LogP contribution in [0.3, 0.4) is 0 Å². The van der Waals surface area contributed by atoms with Crippen LogP contribution in [0.2, 0.25) is 0 Å². The molecule has 2 aliphatic heterocycles. The predicted molar refractivity (Wildman–Crippen MR) is 129 cm³/mol. The number of aliphatic hydroxyl groups is 1. The van der Waals surface area contributed by atoms with Gasteiger partial charge in [0.2, 0.25) is 11.8 Å². The van der Waals surface area contributed by atoms with Gasteiger partial charge in [0, 0.05) is 18.4 Å². The van der Waals surface area contributed by atoms with E-state index in [0.29, 0.717) is 21.3 Å². The summed E-state index contributed by atoms with van der Waals surface area (Å²) in [6.45, 7) is -1.20. The maximum absolute atomic E-state index is 14.0. The highest BCUT2D eigenvalue weighted by Crippen LogP contribution is 2.51. The standard InChI is InChI=1S/C25H22F9N3O5S/c26-15-3-6-17(7-4-15)43(41,42)37-16(10-20(38)36-12-22(27,28)11-19(36)21(35)39)5-1-13-9-14(2-8-18(13)37)23(40,24(29,30)31)25(32,33)34/h2-4,6-9,16,19,40H,1,5,10-12H2,(H2,35,39)/t16-,19-/m0/s1. The first-order chi connectivity index (χ1) is 19.6. The molecule has 0 unspecified atom stereocenters. The minimum atomic E-state index is -6.22. The van der Waals surface area contributed by atoms with Crippen LogP contribution in [-0.4, -0.2) is 67.1 Å². The molecule has 0 saturated carbocycles. The number of alkyl halides is 8. The topological polar surface area (TPSA) is 121 Å². The lowest BCUT2D eigenvalue weighted by Gasteiger charge is -2.39. The zero-order valence-electron chi connectivity index (χ0n) is 21.6. The summed E-state index contributed by atoms with van der Waals surface area (Å²) in [6.07, 6.45) is -15.2. The van der Waals surface area contributed by atoms with Gasteiger partial charge >= 0.3 is 12.4 Å². The molecule has 2 amide bonds. The van der Waals surface area contributed by atoms with Crippen LogP contribution >= 0.6 is 0 Å². The summed E-state index contributed by atoms with van der Waals surface area (Å²) in [6, 6.07) is 1.16. The molecular formula is C25H22F9N3O5S. The number of rotatable bonds is 6. The maximum atomic E-state index is 14.0. The van der Waals surface area contributed by atoms with Crippen LogP contribution in [0.25, 0.3) is 0 Å². The van der Waals surface area contributed by atoms with Gasteiger partial charge in [-0.05, 0) is 48.7 Å². The van der Waals surface area contributed by atoms with Gasteiger partial charge in [-0.3, -0.25) is 13.9 Å². The van der Waals surface area contributed by atoms with E-state index in [4.69, 9.17) is 5.73 Å². The minimum Gasteiger partial charge on any atom is -0.369 e. The number of carbonyl (C=O) groups excluding carboxylic acids is 2. The van der Waals surface area contributed by atoms with Crippen LogP contribution in [0.4, 0.5) is 45.2 Å². The van der Waals surface area contributed by atoms with Crippen LogP contribution in [0.5, 0.6) is 0 Å². The van der Waals surface area contributed by atoms with Crippen molar-refractivity contribution in [3.05, 3.63) is 59.4 Å². The van der Waals surface area contributed by atoms with E-state index in [1.54, 1.807) is 0 Å². The number of hydrogen-bond acceptors (Lipinski definition) is 5. The van der Waals surface area contributed by atoms with E-state index in [0.717, 1.165) is 24.3 Å². The molecule has 2 atom stereocenters. The summed E-state index contributed by atoms with van der Waals surface area (Å²) < 4.78 is 151. The Bertz CT molecular complexity index is 1510. The normalized spacial score (nSPS) is 21.1. The van der Waals surface area contributed by atoms with Gasteiger partial charge in [-0.25, -0.2) is 21.6 Å². The Balaban J connectivity index is 1.81. The average molecular weight is 648 g/mol. The number of primary amides is 1. The third-order valence-electron chi connectivity index (χ3n) is 7.33. The van der Waals surface area contributed by atoms with Crippen LogP contribution in [-0.2, 0) is 31.6 Å². The van der Waals surface area contributed by atoms with Crippen molar-refractivity contribution in [1.29, 1.82) is 0 Å². The van der Waals surface area contributed by atoms with Gasteiger partial charge in [0.15, 0.2) is 0 Å². The first-order valence-corrected chi connectivity index (χ1v) is 13.8. The number of amides is 2. The van der Waals surface area contributed by atoms with Crippen molar-refractivity contribution in [1.82, 2.24) is 4.90 Å². The Morgan fingerprint density at radius 3 is 2.12 bits per heavy atom. The molecule has 2 aromatic rings. The van der Waals surface area contributed by atoms with Crippen LogP contribution in [0.15, 0.2) is 47.4 Å². The number of halogens is 9. The molecule has 0 bridgehead atoms. The van der Waals surface area contributed by atoms with Crippen molar-refractivity contribution >= 4 is 27.5 Å². The van der Waals surface area contributed by atoms with E-state index in [1.165, 1.54) is 0 Å². The fourth-order valence-corrected chi connectivity index (χ4v) is 6.95. The van der Waals surface area contributed by atoms with Crippen molar-refractivity contribution in [3.63, 3.8) is 0 Å². The number of carbonyl (C=O) groups is 2. The first kappa shape index (κ1) is 32.4. The molecule has 0 aromatic heterocycles. The van der Waals surface area contributed by atoms with Gasteiger partial charge in [-0.15, -0.1) is 0 Å². The van der Waals surface area contributed by atoms with Crippen molar-refractivity contribution in [2.45, 2.75) is 66.5 Å². The number of likely N-dealkylation sites (tertiary alicyclic amines) is 1. The molecule has 0 radical (unpaired) electrons. The van der Waals surface area contributed by atoms with E-state index < -0.39 is 112 Å². The molecule has 2 aromatic carbocycles. The molecule has 1 fully saturated rings. The predicted octanol–water partition coefficient (Wildman–Crippen LogP) is 3.76. The van der Waals surface area contributed by atoms with Gasteiger partial charge < -0.3 is 15.7 Å². The van der Waals surface area contributed by atoms with Crippen molar-refractivity contribution < 1.29 is 62.6 Å². The highest BCUT2D eigenvalue weighted by molar-refractivity contribution is 7.92. The molecule has 236 valence electrons. The summed E-state index contributed by atoms with van der Waals surface area (Å²) in [4.78, 5) is 24.8. The van der Waals surface area contributed by atoms with Gasteiger partial charge in [0.1, 0.15) is 11.9 Å². The Hall–Kier alpha value is -3.54. The van der Waals surface area contributed by atoms with Crippen molar-refractivity contribution in [2.24, 2.45) is 5.73 Å². The van der Waals surface area contributed by atoms with E-state index in [-0.39, 0.29) is 11.6 Å². The Morgan fingerprint density at radius 2 is 1.58 bits per heavy atom. The third kappa shape index (κ3) is 5.73. The smallest absolute Gasteiger partial charge is 0.369 e. The highest BCUT2D eigenvalue weighted by Gasteiger charge is 2.71. The largest absolute Gasteiger partial charge is 0.430 e. The number of anilines is 1. The van der Waals surface area contributed by atoms with E-state index in [2.05, 4.69) is 0 Å². The summed E-state index contributed by atoms with van der Waals surface area (Å²) in [5.74, 6) is -6.70. The van der Waals surface area contributed by atoms with Crippen molar-refractivity contribution in [3.8, 4) is 0 Å². The second-order valence-corrected chi connectivity index (χ2v) is 12.0. The Kier molecular flexibility index (Phi) is 7.96. The summed E-state index contributed by atoms with van der Waals surface area (Å²) in [7, 11) is -4.82. The first-order valence-electron chi connectivity index (χ1n) is 12.4. The molecule has 43 heavy (non-hydrogen) atoms. The maximum Gasteiger partial charge on any atom is 0.430 e. The fraction of sp³-hybridized carbons (Fsp3) is 0.440. The SMILES string of the molecule is NC(=O)[C@@H]1CC(F)(F)CN1C(=O)C[C@@H]1CCc2cc(C(O)(C(F)(F)F)C(F)(F)F)ccc2N1S(=O)(=O)c1ccc(F)cc1. The second kappa shape index (κ2) is 10.6. The third-order valence-corrected chi connectivity index (χ3v) is 9.21. The van der Waals surface area contributed by atoms with Crippen molar-refractivity contribution in [2.75, 3.05) is 10.8 Å². The lowest BCUT2D eigenvalue weighted by Crippen LogP contribution is -2.54. The molecule has 0 aliphatic carbocycles. The number of aryl methyl sites for hydroxylation is 1. The molecule has 8 nitrogen and oxygen atoms in total. The van der Waals surface area contributed by atoms with Gasteiger partial charge in [0.25, 0.3) is 21.5 Å². The second-order valence-electron chi connectivity index (χ2n) is 10.2. The minimum absolute atomic E-state index is 0.224. The highest BCUT2D eigenvalue weighted by atomic mass is 32.2. The van der Waals surface area contributed by atoms with Gasteiger partial charge in [-0.1, -0.05) is 12.1 Å². The molecule has 2 aliphatic rings. The summed E-state index contributed by atoms with van der Waals surface area (Å²) in [5.41, 5.74) is -2.66. The zero-order valence-corrected chi connectivity index (χ0v) is 22.4. The van der Waals surface area contributed by atoms with E-state index in [1.807, 2.05) is 0 Å². The van der Waals surface area contributed by atoms with Gasteiger partial charge in [0.05, 0.1) is 23.2 Å². The fourth-order valence-electron chi connectivity index (χ4n) is 5.23. The Labute approximate surface area is 237 Å². The number of nitrogens with two attached hydrogens (primary N) is 1. The molecule has 18 heteroatoms. The Morgan fingerprint density at radius 1 is 1.00 bits per heavy atom. The molecular weight excluding hydrogens is 625 g/mol. The lowest BCUT2D eigenvalue weighted by molar-refractivity contribution is -0.376. The molecule has 2 heterocycles. The molecule has 4 rings (SSSR count). The number of hydrogen-bond donors (Lipinski definition) is 2. The van der Waals surface area contributed by atoms with Crippen LogP contribution < -0.4 is 10.0 Å². The number of sulfonamides is 1. The molecule has 0 spiro atoms. The van der Waals surface area contributed by atoms with Gasteiger partial charge in [-0.2, -0.15) is 26.3 Å². The number of nitrogens with zero attached hydrogens (tertiary/aromatic N) is 2. The summed E-state index contributed by atoms with van der Waals surface area (Å²) >= 11 is 0. The molecule has 1 saturated heterocycles. The van der Waals surface area contributed by atoms with E-state index in [9.17, 15) is 62.6 Å². The van der Waals surface area contributed by atoms with Crippen LogP contribution in [0, 0.1) is 5.82 Å². The zero-order chi connectivity index (χ0) is 32.3. The number of benzene rings is 2.